The van der Waals surface area contributed by atoms with Crippen LogP contribution in [0.5, 0.6) is 0 Å². The van der Waals surface area contributed by atoms with Crippen molar-refractivity contribution >= 4 is 28.8 Å². The molecule has 0 aromatic rings. The Morgan fingerprint density at radius 3 is 2.25 bits per heavy atom. The van der Waals surface area contributed by atoms with E-state index < -0.39 is 0 Å². The van der Waals surface area contributed by atoms with Gasteiger partial charge in [-0.2, -0.15) is 0 Å². The monoisotopic (exact) mass is 284 g/mol. The second-order valence-electron chi connectivity index (χ2n) is 2.78. The molecule has 0 aliphatic rings. The van der Waals surface area contributed by atoms with Gasteiger partial charge in [-0.3, -0.25) is 8.32 Å². The first kappa shape index (κ1) is 12.2. The maximum atomic E-state index is 10.5. The fourth-order valence-corrected chi connectivity index (χ4v) is 1.32. The zero-order valence-corrected chi connectivity index (χ0v) is 9.69. The third-order valence-electron chi connectivity index (χ3n) is 1.57. The van der Waals surface area contributed by atoms with Crippen LogP contribution in [0.25, 0.3) is 0 Å². The Morgan fingerprint density at radius 2 is 1.75 bits per heavy atom. The summed E-state index contributed by atoms with van der Waals surface area (Å²) in [4.78, 5) is 10.5. The highest BCUT2D eigenvalue weighted by atomic mass is 127. The van der Waals surface area contributed by atoms with Crippen LogP contribution in [0.4, 0.5) is 0 Å². The Labute approximate surface area is 88.2 Å². The first-order chi connectivity index (χ1) is 5.77. The summed E-state index contributed by atoms with van der Waals surface area (Å²) in [7, 11) is 0. The summed E-state index contributed by atoms with van der Waals surface area (Å²) in [5.41, 5.74) is 0. The van der Waals surface area contributed by atoms with Gasteiger partial charge >= 0.3 is 0 Å². The van der Waals surface area contributed by atoms with Crippen LogP contribution in [0.3, 0.4) is 0 Å². The lowest BCUT2D eigenvalue weighted by atomic mass is 10.2. The van der Waals surface area contributed by atoms with Crippen LogP contribution in [0, 0.1) is 0 Å². The minimum absolute atomic E-state index is 0.0731. The zero-order valence-electron chi connectivity index (χ0n) is 7.53. The van der Waals surface area contributed by atoms with E-state index in [0.717, 1.165) is 19.5 Å². The van der Waals surface area contributed by atoms with Crippen molar-refractivity contribution < 1.29 is 4.79 Å². The number of hydrogen-bond donors (Lipinski definition) is 2. The number of carbonyl (C=O) groups excluding carboxylic acids is 1. The summed E-state index contributed by atoms with van der Waals surface area (Å²) in [5, 5.41) is 2.78. The first-order valence-corrected chi connectivity index (χ1v) is 5.43. The Bertz CT molecular complexity index is 120. The van der Waals surface area contributed by atoms with Gasteiger partial charge in [-0.1, -0.05) is 12.8 Å². The molecule has 72 valence electrons. The summed E-state index contributed by atoms with van der Waals surface area (Å²) in [6.45, 7) is 3.47. The molecule has 0 rings (SSSR count). The molecule has 0 atom stereocenters. The molecule has 4 heteroatoms. The molecule has 0 unspecified atom stereocenters. The Morgan fingerprint density at radius 1 is 1.17 bits per heavy atom. The van der Waals surface area contributed by atoms with Gasteiger partial charge in [-0.15, -0.1) is 0 Å². The smallest absolute Gasteiger partial charge is 0.216 e. The minimum atomic E-state index is 0.0731. The molecule has 0 saturated heterocycles. The molecule has 0 fully saturated rings. The maximum Gasteiger partial charge on any atom is 0.216 e. The van der Waals surface area contributed by atoms with Crippen molar-refractivity contribution in [2.45, 2.75) is 32.6 Å². The molecular weight excluding hydrogens is 267 g/mol. The second-order valence-corrected chi connectivity index (χ2v) is 3.54. The molecule has 3 nitrogen and oxygen atoms in total. The number of nitrogens with one attached hydrogen (secondary N) is 2. The number of halogens is 1. The molecular formula is C8H17IN2O. The van der Waals surface area contributed by atoms with Crippen LogP contribution < -0.4 is 8.85 Å². The summed E-state index contributed by atoms with van der Waals surface area (Å²) >= 11 is 2.16. The van der Waals surface area contributed by atoms with Crippen molar-refractivity contribution in [3.05, 3.63) is 0 Å². The van der Waals surface area contributed by atoms with Crippen molar-refractivity contribution in [1.29, 1.82) is 0 Å². The second kappa shape index (κ2) is 9.25. The highest BCUT2D eigenvalue weighted by Gasteiger charge is 1.91. The molecule has 0 heterocycles. The first-order valence-electron chi connectivity index (χ1n) is 4.35. The fourth-order valence-electron chi connectivity index (χ4n) is 0.935. The Balaban J connectivity index is 2.86. The van der Waals surface area contributed by atoms with Gasteiger partial charge in [-0.25, -0.2) is 0 Å². The average Bonchev–Trinajstić information content (AvgIpc) is 2.02. The van der Waals surface area contributed by atoms with Gasteiger partial charge < -0.3 is 5.32 Å². The lowest BCUT2D eigenvalue weighted by Crippen LogP contribution is -2.20. The predicted molar refractivity (Wildman–Crippen MR) is 59.2 cm³/mol. The molecule has 0 radical (unpaired) electrons. The molecule has 0 aromatic heterocycles. The van der Waals surface area contributed by atoms with Crippen LogP contribution in [0.1, 0.15) is 32.6 Å². The summed E-state index contributed by atoms with van der Waals surface area (Å²) in [6.07, 6.45) is 4.78. The predicted octanol–water partition coefficient (Wildman–Crippen LogP) is 1.62. The van der Waals surface area contributed by atoms with Crippen molar-refractivity contribution in [3.63, 3.8) is 0 Å². The number of amides is 1. The van der Waals surface area contributed by atoms with E-state index in [9.17, 15) is 4.79 Å². The molecule has 0 spiro atoms. The van der Waals surface area contributed by atoms with Gasteiger partial charge in [-0.05, 0) is 12.8 Å². The molecule has 0 saturated carbocycles. The molecule has 12 heavy (non-hydrogen) atoms. The third-order valence-corrected chi connectivity index (χ3v) is 2.11. The average molecular weight is 284 g/mol. The summed E-state index contributed by atoms with van der Waals surface area (Å²) in [6, 6.07) is 0. The largest absolute Gasteiger partial charge is 0.356 e. The molecule has 1 amide bonds. The van der Waals surface area contributed by atoms with Crippen molar-refractivity contribution in [3.8, 4) is 0 Å². The van der Waals surface area contributed by atoms with E-state index in [1.165, 1.54) is 19.3 Å². The highest BCUT2D eigenvalue weighted by molar-refractivity contribution is 14.1. The van der Waals surface area contributed by atoms with E-state index in [1.54, 1.807) is 6.92 Å². The van der Waals surface area contributed by atoms with E-state index >= 15 is 0 Å². The number of rotatable bonds is 7. The fraction of sp³-hybridized carbons (Fsp3) is 0.875. The van der Waals surface area contributed by atoms with E-state index in [4.69, 9.17) is 0 Å². The SMILES string of the molecule is CC(=O)NCCCCCCNI. The van der Waals surface area contributed by atoms with Gasteiger partial charge in [0.1, 0.15) is 0 Å². The van der Waals surface area contributed by atoms with Gasteiger partial charge in [0.15, 0.2) is 0 Å². The summed E-state index contributed by atoms with van der Waals surface area (Å²) < 4.78 is 3.08. The molecule has 2 N–H and O–H groups in total. The molecule has 0 aromatic carbocycles. The topological polar surface area (TPSA) is 41.1 Å². The van der Waals surface area contributed by atoms with E-state index in [0.29, 0.717) is 0 Å². The van der Waals surface area contributed by atoms with Gasteiger partial charge in [0.05, 0.1) is 0 Å². The van der Waals surface area contributed by atoms with Crippen molar-refractivity contribution in [1.82, 2.24) is 8.85 Å². The number of unbranched alkanes of at least 4 members (excludes halogenated alkanes) is 3. The highest BCUT2D eigenvalue weighted by Crippen LogP contribution is 1.97. The van der Waals surface area contributed by atoms with Crippen LogP contribution in [0.15, 0.2) is 0 Å². The van der Waals surface area contributed by atoms with Crippen LogP contribution in [-0.4, -0.2) is 19.0 Å². The molecule has 0 aliphatic carbocycles. The lowest BCUT2D eigenvalue weighted by molar-refractivity contribution is -0.118. The summed E-state index contributed by atoms with van der Waals surface area (Å²) in [5.74, 6) is 0.0731. The minimum Gasteiger partial charge on any atom is -0.356 e. The third kappa shape index (κ3) is 10.2. The number of hydrogen-bond acceptors (Lipinski definition) is 2. The zero-order chi connectivity index (χ0) is 9.23. The molecule has 0 aliphatic heterocycles. The van der Waals surface area contributed by atoms with Gasteiger partial charge in [0, 0.05) is 42.9 Å². The Kier molecular flexibility index (Phi) is 9.37. The van der Waals surface area contributed by atoms with Gasteiger partial charge in [0.25, 0.3) is 0 Å². The van der Waals surface area contributed by atoms with E-state index in [-0.39, 0.29) is 5.91 Å². The van der Waals surface area contributed by atoms with E-state index in [2.05, 4.69) is 31.7 Å². The molecule has 0 bridgehead atoms. The maximum absolute atomic E-state index is 10.5. The van der Waals surface area contributed by atoms with Crippen molar-refractivity contribution in [2.75, 3.05) is 13.1 Å². The Hall–Kier alpha value is 0.160. The van der Waals surface area contributed by atoms with Crippen LogP contribution >= 0.6 is 22.9 Å². The van der Waals surface area contributed by atoms with Gasteiger partial charge in [0.2, 0.25) is 5.91 Å². The van der Waals surface area contributed by atoms with Crippen LogP contribution in [-0.2, 0) is 4.79 Å². The lowest BCUT2D eigenvalue weighted by Gasteiger charge is -2.01. The number of carbonyl (C=O) groups is 1. The van der Waals surface area contributed by atoms with Crippen LogP contribution in [0.2, 0.25) is 0 Å². The standard InChI is InChI=1S/C8H17IN2O/c1-8(12)10-6-4-2-3-5-7-11-9/h11H,2-7H2,1H3,(H,10,12). The van der Waals surface area contributed by atoms with Crippen molar-refractivity contribution in [2.24, 2.45) is 0 Å². The normalized spacial score (nSPS) is 9.83. The van der Waals surface area contributed by atoms with E-state index in [1.807, 2.05) is 0 Å². The quantitative estimate of drug-likeness (QED) is 0.424.